The van der Waals surface area contributed by atoms with E-state index in [0.717, 1.165) is 37.8 Å². The fourth-order valence-corrected chi connectivity index (χ4v) is 3.72. The van der Waals surface area contributed by atoms with Crippen LogP contribution in [0, 0.1) is 5.92 Å². The van der Waals surface area contributed by atoms with Gasteiger partial charge in [0.15, 0.2) is 5.96 Å². The maximum Gasteiger partial charge on any atom is 0.191 e. The molecule has 0 spiro atoms. The van der Waals surface area contributed by atoms with E-state index < -0.39 is 0 Å². The van der Waals surface area contributed by atoms with Crippen LogP contribution < -0.4 is 10.6 Å². The van der Waals surface area contributed by atoms with Crippen LogP contribution >= 0.6 is 23.2 Å². The SMILES string of the molecule is CCNC(=NCc1cc(Cl)c(Cl)n1C)NCC(C)CN1CCN(CC)CC1. The summed E-state index contributed by atoms with van der Waals surface area (Å²) in [4.78, 5) is 9.75. The van der Waals surface area contributed by atoms with E-state index in [1.165, 1.54) is 26.2 Å². The number of nitrogens with zero attached hydrogens (tertiary/aromatic N) is 4. The Balaban J connectivity index is 1.81. The molecule has 27 heavy (non-hydrogen) atoms. The van der Waals surface area contributed by atoms with Gasteiger partial charge in [-0.1, -0.05) is 37.0 Å². The van der Waals surface area contributed by atoms with Crippen LogP contribution in [0.5, 0.6) is 0 Å². The van der Waals surface area contributed by atoms with Crippen LogP contribution in [0.1, 0.15) is 26.5 Å². The van der Waals surface area contributed by atoms with E-state index in [0.29, 0.717) is 22.6 Å². The lowest BCUT2D eigenvalue weighted by Crippen LogP contribution is -2.48. The third-order valence-electron chi connectivity index (χ3n) is 5.06. The minimum atomic E-state index is 0.533. The Labute approximate surface area is 173 Å². The van der Waals surface area contributed by atoms with Gasteiger partial charge in [0.1, 0.15) is 5.15 Å². The van der Waals surface area contributed by atoms with Crippen molar-refractivity contribution in [3.8, 4) is 0 Å². The number of likely N-dealkylation sites (N-methyl/N-ethyl adjacent to an activating group) is 1. The molecule has 1 saturated heterocycles. The molecule has 0 radical (unpaired) electrons. The molecule has 1 aromatic rings. The molecule has 0 aromatic carbocycles. The van der Waals surface area contributed by atoms with Crippen LogP contribution in [0.25, 0.3) is 0 Å². The molecule has 1 fully saturated rings. The van der Waals surface area contributed by atoms with Gasteiger partial charge in [0.05, 0.1) is 11.6 Å². The molecule has 6 nitrogen and oxygen atoms in total. The Morgan fingerprint density at radius 3 is 2.37 bits per heavy atom. The van der Waals surface area contributed by atoms with Gasteiger partial charge >= 0.3 is 0 Å². The van der Waals surface area contributed by atoms with Crippen molar-refractivity contribution in [1.29, 1.82) is 0 Å². The van der Waals surface area contributed by atoms with Gasteiger partial charge in [-0.25, -0.2) is 4.99 Å². The molecular formula is C19H34Cl2N6. The molecule has 1 aliphatic rings. The van der Waals surface area contributed by atoms with Gasteiger partial charge in [0.25, 0.3) is 0 Å². The van der Waals surface area contributed by atoms with Crippen molar-refractivity contribution in [1.82, 2.24) is 25.0 Å². The highest BCUT2D eigenvalue weighted by atomic mass is 35.5. The van der Waals surface area contributed by atoms with Gasteiger partial charge in [-0.05, 0) is 25.5 Å². The Morgan fingerprint density at radius 1 is 1.15 bits per heavy atom. The second kappa shape index (κ2) is 11.1. The van der Waals surface area contributed by atoms with E-state index in [9.17, 15) is 0 Å². The lowest BCUT2D eigenvalue weighted by atomic mass is 10.1. The number of rotatable bonds is 8. The van der Waals surface area contributed by atoms with Crippen molar-refractivity contribution in [2.24, 2.45) is 18.0 Å². The normalized spacial score (nSPS) is 17.9. The highest BCUT2D eigenvalue weighted by Crippen LogP contribution is 2.25. The molecule has 154 valence electrons. The van der Waals surface area contributed by atoms with Crippen LogP contribution in [0.15, 0.2) is 11.1 Å². The molecule has 2 rings (SSSR count). The fourth-order valence-electron chi connectivity index (χ4n) is 3.31. The van der Waals surface area contributed by atoms with Crippen molar-refractivity contribution < 1.29 is 0 Å². The van der Waals surface area contributed by atoms with Gasteiger partial charge in [-0.15, -0.1) is 0 Å². The Bertz CT molecular complexity index is 608. The van der Waals surface area contributed by atoms with E-state index in [1.807, 2.05) is 17.7 Å². The zero-order valence-corrected chi connectivity index (χ0v) is 18.6. The zero-order valence-electron chi connectivity index (χ0n) is 17.1. The molecule has 0 saturated carbocycles. The molecule has 0 amide bonds. The molecule has 1 aliphatic heterocycles. The van der Waals surface area contributed by atoms with Crippen LogP contribution in [0.4, 0.5) is 0 Å². The first-order chi connectivity index (χ1) is 12.9. The number of hydrogen-bond acceptors (Lipinski definition) is 3. The Morgan fingerprint density at radius 2 is 1.81 bits per heavy atom. The molecule has 2 heterocycles. The predicted octanol–water partition coefficient (Wildman–Crippen LogP) is 2.66. The van der Waals surface area contributed by atoms with Gasteiger partial charge in [0.2, 0.25) is 0 Å². The summed E-state index contributed by atoms with van der Waals surface area (Å²) in [5.74, 6) is 1.38. The number of aromatic nitrogens is 1. The Hall–Kier alpha value is -0.950. The number of guanidine groups is 1. The molecule has 1 atom stereocenters. The maximum atomic E-state index is 6.13. The smallest absolute Gasteiger partial charge is 0.191 e. The minimum Gasteiger partial charge on any atom is -0.357 e. The van der Waals surface area contributed by atoms with E-state index >= 15 is 0 Å². The zero-order chi connectivity index (χ0) is 19.8. The van der Waals surface area contributed by atoms with Crippen molar-refractivity contribution in [2.75, 3.05) is 52.4 Å². The molecular weight excluding hydrogens is 383 g/mol. The quantitative estimate of drug-likeness (QED) is 0.505. The summed E-state index contributed by atoms with van der Waals surface area (Å²) in [5.41, 5.74) is 0.990. The second-order valence-electron chi connectivity index (χ2n) is 7.25. The molecule has 0 aliphatic carbocycles. The Kier molecular flexibility index (Phi) is 9.22. The predicted molar refractivity (Wildman–Crippen MR) is 116 cm³/mol. The molecule has 1 aromatic heterocycles. The number of halogens is 2. The summed E-state index contributed by atoms with van der Waals surface area (Å²) in [5, 5.41) is 7.90. The maximum absolute atomic E-state index is 6.13. The third-order valence-corrected chi connectivity index (χ3v) is 5.90. The lowest BCUT2D eigenvalue weighted by molar-refractivity contribution is 0.124. The van der Waals surface area contributed by atoms with Crippen LogP contribution in [-0.4, -0.2) is 72.7 Å². The van der Waals surface area contributed by atoms with Crippen molar-refractivity contribution >= 4 is 29.2 Å². The summed E-state index contributed by atoms with van der Waals surface area (Å²) < 4.78 is 1.87. The number of piperazine rings is 1. The number of hydrogen-bond donors (Lipinski definition) is 2. The second-order valence-corrected chi connectivity index (χ2v) is 8.01. The lowest BCUT2D eigenvalue weighted by Gasteiger charge is -2.35. The van der Waals surface area contributed by atoms with Gasteiger partial charge in [0, 0.05) is 58.6 Å². The van der Waals surface area contributed by atoms with Crippen molar-refractivity contribution in [3.63, 3.8) is 0 Å². The summed E-state index contributed by atoms with van der Waals surface area (Å²) in [6.45, 7) is 15.8. The average molecular weight is 417 g/mol. The van der Waals surface area contributed by atoms with E-state index in [1.54, 1.807) is 0 Å². The number of nitrogens with one attached hydrogen (secondary N) is 2. The summed E-state index contributed by atoms with van der Waals surface area (Å²) >= 11 is 12.2. The number of aliphatic imine (C=N–C) groups is 1. The van der Waals surface area contributed by atoms with Gasteiger partial charge < -0.3 is 25.0 Å². The summed E-state index contributed by atoms with van der Waals surface area (Å²) in [7, 11) is 1.90. The fraction of sp³-hybridized carbons (Fsp3) is 0.737. The highest BCUT2D eigenvalue weighted by Gasteiger charge is 2.17. The monoisotopic (exact) mass is 416 g/mol. The molecule has 8 heteroatoms. The van der Waals surface area contributed by atoms with E-state index in [-0.39, 0.29) is 0 Å². The van der Waals surface area contributed by atoms with Crippen molar-refractivity contribution in [2.45, 2.75) is 27.3 Å². The standard InChI is InChI=1S/C19H34Cl2N6/c1-5-22-19(24-13-16-11-17(20)18(21)25(16)4)23-12-15(3)14-27-9-7-26(6-2)8-10-27/h11,15H,5-10,12-14H2,1-4H3,(H2,22,23,24). The first-order valence-corrected chi connectivity index (χ1v) is 10.7. The molecule has 2 N–H and O–H groups in total. The highest BCUT2D eigenvalue weighted by molar-refractivity contribution is 6.41. The first-order valence-electron chi connectivity index (χ1n) is 9.91. The van der Waals surface area contributed by atoms with Crippen LogP contribution in [0.3, 0.4) is 0 Å². The molecule has 1 unspecified atom stereocenters. The summed E-state index contributed by atoms with van der Waals surface area (Å²) in [6, 6.07) is 1.87. The summed E-state index contributed by atoms with van der Waals surface area (Å²) in [6.07, 6.45) is 0. The van der Waals surface area contributed by atoms with Crippen molar-refractivity contribution in [3.05, 3.63) is 21.9 Å². The topological polar surface area (TPSA) is 47.8 Å². The first kappa shape index (κ1) is 22.3. The average Bonchev–Trinajstić information content (AvgIpc) is 2.91. The third kappa shape index (κ3) is 6.86. The minimum absolute atomic E-state index is 0.533. The van der Waals surface area contributed by atoms with Crippen LogP contribution in [0.2, 0.25) is 10.2 Å². The van der Waals surface area contributed by atoms with Gasteiger partial charge in [-0.2, -0.15) is 0 Å². The van der Waals surface area contributed by atoms with E-state index in [2.05, 4.69) is 46.2 Å². The van der Waals surface area contributed by atoms with Crippen LogP contribution in [-0.2, 0) is 13.6 Å². The van der Waals surface area contributed by atoms with E-state index in [4.69, 9.17) is 23.2 Å². The van der Waals surface area contributed by atoms with Gasteiger partial charge in [-0.3, -0.25) is 0 Å². The molecule has 0 bridgehead atoms. The largest absolute Gasteiger partial charge is 0.357 e.